The van der Waals surface area contributed by atoms with Gasteiger partial charge in [0.25, 0.3) is 0 Å². The Morgan fingerprint density at radius 3 is 2.71 bits per heavy atom. The molecular weight excluding hydrogens is 367 g/mol. The van der Waals surface area contributed by atoms with E-state index in [1.807, 2.05) is 0 Å². The van der Waals surface area contributed by atoms with Gasteiger partial charge in [0.05, 0.1) is 24.9 Å². The molecule has 10 heteroatoms. The van der Waals surface area contributed by atoms with Crippen molar-refractivity contribution in [2.45, 2.75) is 38.2 Å². The number of carboxylic acids is 1. The lowest BCUT2D eigenvalue weighted by Gasteiger charge is -2.41. The third-order valence-corrected chi connectivity index (χ3v) is 5.61. The van der Waals surface area contributed by atoms with Crippen LogP contribution in [0.5, 0.6) is 11.5 Å². The first-order chi connectivity index (χ1) is 13.2. The third kappa shape index (κ3) is 3.55. The molecule has 28 heavy (non-hydrogen) atoms. The number of nitrogens with zero attached hydrogens (tertiary/aromatic N) is 1. The van der Waals surface area contributed by atoms with Crippen molar-refractivity contribution in [2.75, 3.05) is 19.6 Å². The number of aromatic carboxylic acids is 1. The number of carbonyl (C=O) groups excluding carboxylic acids is 1. The van der Waals surface area contributed by atoms with Gasteiger partial charge in [-0.2, -0.15) is 0 Å². The monoisotopic (exact) mass is 391 g/mol. The van der Waals surface area contributed by atoms with E-state index in [0.717, 1.165) is 13.0 Å². The molecule has 152 valence electrons. The molecule has 3 aliphatic heterocycles. The Bertz CT molecular complexity index is 809. The lowest BCUT2D eigenvalue weighted by molar-refractivity contribution is -0.142. The first-order valence-electron chi connectivity index (χ1n) is 9.61. The molecule has 2 fully saturated rings. The van der Waals surface area contributed by atoms with Crippen molar-refractivity contribution in [1.82, 2.24) is 10.2 Å². The van der Waals surface area contributed by atoms with Gasteiger partial charge >= 0.3 is 12.7 Å². The Morgan fingerprint density at radius 1 is 1.32 bits per heavy atom. The maximum atomic E-state index is 12.4. The Labute approximate surface area is 162 Å². The van der Waals surface area contributed by atoms with Crippen molar-refractivity contribution in [3.63, 3.8) is 0 Å². The van der Waals surface area contributed by atoms with Gasteiger partial charge in [-0.1, -0.05) is 19.3 Å². The number of nitrogens with one attached hydrogen (secondary N) is 1. The normalized spacial score (nSPS) is 26.2. The van der Waals surface area contributed by atoms with Crippen LogP contribution in [0.25, 0.3) is 0 Å². The molecule has 0 aliphatic carbocycles. The summed E-state index contributed by atoms with van der Waals surface area (Å²) >= 11 is 0. The van der Waals surface area contributed by atoms with Crippen LogP contribution in [0.1, 0.15) is 29.3 Å². The van der Waals surface area contributed by atoms with Gasteiger partial charge in [-0.3, -0.25) is 4.79 Å². The fourth-order valence-corrected chi connectivity index (χ4v) is 4.02. The Hall–Kier alpha value is -2.30. The van der Waals surface area contributed by atoms with Crippen LogP contribution in [0.2, 0.25) is 6.32 Å². The zero-order valence-corrected chi connectivity index (χ0v) is 15.6. The molecule has 0 saturated carbocycles. The summed E-state index contributed by atoms with van der Waals surface area (Å²) in [6.45, 7) is 0.627. The van der Waals surface area contributed by atoms with E-state index in [2.05, 4.69) is 12.2 Å². The fourth-order valence-electron chi connectivity index (χ4n) is 4.02. The van der Waals surface area contributed by atoms with Crippen molar-refractivity contribution < 1.29 is 34.1 Å². The number of benzene rings is 1. The fraction of sp³-hybridized carbons (Fsp3) is 0.556. The molecule has 0 radical (unpaired) electrons. The van der Waals surface area contributed by atoms with Gasteiger partial charge in [-0.05, 0) is 36.9 Å². The van der Waals surface area contributed by atoms with Crippen LogP contribution >= 0.6 is 0 Å². The zero-order valence-electron chi connectivity index (χ0n) is 15.6. The molecule has 3 heterocycles. The number of carboxylic acid groups (broad SMARTS) is 1. The summed E-state index contributed by atoms with van der Waals surface area (Å²) in [5.74, 6) is -0.703. The van der Waals surface area contributed by atoms with Crippen molar-refractivity contribution in [1.29, 1.82) is 0 Å². The van der Waals surface area contributed by atoms with Gasteiger partial charge in [0.2, 0.25) is 5.91 Å². The molecule has 3 aliphatic rings. The Kier molecular flexibility index (Phi) is 4.72. The minimum absolute atomic E-state index is 0.0137. The number of ether oxygens (including phenoxy) is 1. The van der Waals surface area contributed by atoms with E-state index in [0.29, 0.717) is 31.0 Å². The Morgan fingerprint density at radius 2 is 2.07 bits per heavy atom. The molecule has 0 aromatic heterocycles. The lowest BCUT2D eigenvalue weighted by Crippen LogP contribution is -2.59. The van der Waals surface area contributed by atoms with E-state index < -0.39 is 12.7 Å². The smallest absolute Gasteiger partial charge is 0.430 e. The van der Waals surface area contributed by atoms with E-state index in [-0.39, 0.29) is 41.4 Å². The number of amides is 1. The molecule has 4 N–H and O–H groups in total. The second-order valence-corrected chi connectivity index (χ2v) is 8.03. The van der Waals surface area contributed by atoms with Crippen molar-refractivity contribution in [3.8, 4) is 11.5 Å². The second kappa shape index (κ2) is 6.95. The third-order valence-electron chi connectivity index (χ3n) is 5.61. The molecule has 1 amide bonds. The van der Waals surface area contributed by atoms with Crippen LogP contribution < -0.4 is 14.7 Å². The summed E-state index contributed by atoms with van der Waals surface area (Å²) in [5.41, 5.74) is 0.375. The summed E-state index contributed by atoms with van der Waals surface area (Å²) in [5, 5.41) is 32.4. The topological polar surface area (TPSA) is 129 Å². The van der Waals surface area contributed by atoms with E-state index in [9.17, 15) is 24.7 Å². The Balaban J connectivity index is 1.45. The van der Waals surface area contributed by atoms with E-state index in [1.54, 1.807) is 17.0 Å². The molecule has 4 rings (SSSR count). The van der Waals surface area contributed by atoms with Crippen LogP contribution in [-0.4, -0.2) is 70.5 Å². The number of rotatable bonds is 4. The minimum Gasteiger partial charge on any atom is -0.669 e. The largest absolute Gasteiger partial charge is 0.669 e. The molecule has 1 aromatic rings. The zero-order chi connectivity index (χ0) is 20.1. The van der Waals surface area contributed by atoms with Gasteiger partial charge in [0.1, 0.15) is 17.4 Å². The summed E-state index contributed by atoms with van der Waals surface area (Å²) in [7, 11) is 0. The number of aryl methyl sites for hydroxylation is 1. The lowest BCUT2D eigenvalue weighted by atomic mass is 9.70. The van der Waals surface area contributed by atoms with Gasteiger partial charge in [-0.15, -0.1) is 0 Å². The van der Waals surface area contributed by atoms with Crippen LogP contribution in [0.15, 0.2) is 12.1 Å². The maximum Gasteiger partial charge on any atom is 0.430 e. The van der Waals surface area contributed by atoms with E-state index in [1.165, 1.54) is 0 Å². The highest BCUT2D eigenvalue weighted by Gasteiger charge is 2.39. The van der Waals surface area contributed by atoms with Gasteiger partial charge in [0.15, 0.2) is 0 Å². The highest BCUT2D eigenvalue weighted by atomic mass is 16.6. The first kappa shape index (κ1) is 19.0. The van der Waals surface area contributed by atoms with Gasteiger partial charge < -0.3 is 34.8 Å². The number of hydrogen-bond acceptors (Lipinski definition) is 7. The average molecular weight is 391 g/mol. The number of carbonyl (C=O) groups is 2. The predicted octanol–water partition coefficient (Wildman–Crippen LogP) is -0.169. The minimum atomic E-state index is -3.08. The number of hydrogen-bond donors (Lipinski definition) is 4. The molecular formula is C18H24BN2O7-. The standard InChI is InChI=1S/C18H24BN2O7/c1-10-6-13(20-7-10)17(22)21-8-12(9-21)27-14-3-2-11-4-5-19(25,26)28-16(11)15(14)18(23)24/h2-3,10,12-13,20,25-26H,4-9H2,1H3,(H,23,24)/q-1/t10-,13-/m1/s1. The van der Waals surface area contributed by atoms with E-state index in [4.69, 9.17) is 9.39 Å². The van der Waals surface area contributed by atoms with Gasteiger partial charge in [0, 0.05) is 0 Å². The second-order valence-electron chi connectivity index (χ2n) is 8.03. The molecule has 0 bridgehead atoms. The summed E-state index contributed by atoms with van der Waals surface area (Å²) in [4.78, 5) is 25.9. The van der Waals surface area contributed by atoms with Gasteiger partial charge in [-0.25, -0.2) is 4.79 Å². The maximum absolute atomic E-state index is 12.4. The summed E-state index contributed by atoms with van der Waals surface area (Å²) in [6, 6.07) is 3.07. The van der Waals surface area contributed by atoms with Crippen molar-refractivity contribution >= 4 is 18.6 Å². The van der Waals surface area contributed by atoms with Crippen LogP contribution in [-0.2, 0) is 11.2 Å². The molecule has 2 saturated heterocycles. The molecule has 0 unspecified atom stereocenters. The predicted molar refractivity (Wildman–Crippen MR) is 99.3 cm³/mol. The number of fused-ring (bicyclic) bond motifs is 1. The highest BCUT2D eigenvalue weighted by Crippen LogP contribution is 2.39. The first-order valence-corrected chi connectivity index (χ1v) is 9.61. The average Bonchev–Trinajstić information content (AvgIpc) is 3.02. The molecule has 1 aromatic carbocycles. The van der Waals surface area contributed by atoms with Crippen LogP contribution in [0.3, 0.4) is 0 Å². The van der Waals surface area contributed by atoms with Crippen LogP contribution in [0.4, 0.5) is 0 Å². The van der Waals surface area contributed by atoms with Crippen molar-refractivity contribution in [2.24, 2.45) is 5.92 Å². The molecule has 0 spiro atoms. The van der Waals surface area contributed by atoms with Crippen molar-refractivity contribution in [3.05, 3.63) is 23.3 Å². The van der Waals surface area contributed by atoms with Crippen LogP contribution in [0, 0.1) is 5.92 Å². The quantitative estimate of drug-likeness (QED) is 0.521. The molecule has 2 atom stereocenters. The highest BCUT2D eigenvalue weighted by molar-refractivity contribution is 6.59. The van der Waals surface area contributed by atoms with E-state index >= 15 is 0 Å². The summed E-state index contributed by atoms with van der Waals surface area (Å²) < 4.78 is 11.0. The summed E-state index contributed by atoms with van der Waals surface area (Å²) in [6.07, 6.45) is 0.820. The molecule has 9 nitrogen and oxygen atoms in total. The SMILES string of the molecule is C[C@H]1CN[C@@H](C(=O)N2CC(Oc3ccc4c(c3C(=O)O)O[B-](O)(O)CC4)C2)C1. The number of likely N-dealkylation sites (tertiary alicyclic amines) is 1.